The fourth-order valence-electron chi connectivity index (χ4n) is 1.56. The number of anilines is 1. The summed E-state index contributed by atoms with van der Waals surface area (Å²) in [6, 6.07) is 7.58. The van der Waals surface area contributed by atoms with E-state index in [9.17, 15) is 0 Å². The number of benzene rings is 1. The monoisotopic (exact) mass is 278 g/mol. The molecule has 7 heteroatoms. The second-order valence-electron chi connectivity index (χ2n) is 3.61. The maximum Gasteiger partial charge on any atom is 0.390 e. The first-order valence-electron chi connectivity index (χ1n) is 5.17. The van der Waals surface area contributed by atoms with Gasteiger partial charge in [0.2, 0.25) is 0 Å². The summed E-state index contributed by atoms with van der Waals surface area (Å²) < 4.78 is 0. The van der Waals surface area contributed by atoms with E-state index in [0.717, 1.165) is 15.4 Å². The minimum atomic E-state index is 0.339. The van der Waals surface area contributed by atoms with Gasteiger partial charge in [0.1, 0.15) is 5.52 Å². The van der Waals surface area contributed by atoms with Crippen molar-refractivity contribution in [1.82, 2.24) is 15.0 Å². The standard InChI is InChI=1S/C11H8ClN5S/c12-6-1-3-7(4-2-6)18-10-8-9(15-5-14-8)16-11(13)17-10/h1-5H,(H3,13,14,15,16,17)/p+1. The third-order valence-electron chi connectivity index (χ3n) is 2.35. The summed E-state index contributed by atoms with van der Waals surface area (Å²) in [6.45, 7) is 0. The summed E-state index contributed by atoms with van der Waals surface area (Å²) >= 11 is 7.39. The van der Waals surface area contributed by atoms with E-state index < -0.39 is 0 Å². The summed E-state index contributed by atoms with van der Waals surface area (Å²) in [7, 11) is 0. The molecule has 5 nitrogen and oxygen atoms in total. The highest BCUT2D eigenvalue weighted by molar-refractivity contribution is 7.99. The van der Waals surface area contributed by atoms with E-state index in [1.54, 1.807) is 6.33 Å². The molecule has 2 heterocycles. The highest BCUT2D eigenvalue weighted by Crippen LogP contribution is 2.29. The Morgan fingerprint density at radius 3 is 2.83 bits per heavy atom. The molecule has 0 saturated heterocycles. The van der Waals surface area contributed by atoms with Gasteiger partial charge in [0, 0.05) is 9.92 Å². The Bertz CT molecular complexity index is 694. The highest BCUT2D eigenvalue weighted by Gasteiger charge is 2.14. The molecule has 0 spiro atoms. The lowest BCUT2D eigenvalue weighted by molar-refractivity contribution is -0.410. The van der Waals surface area contributed by atoms with Crippen LogP contribution in [0.3, 0.4) is 0 Å². The van der Waals surface area contributed by atoms with Gasteiger partial charge in [-0.2, -0.15) is 0 Å². The zero-order valence-electron chi connectivity index (χ0n) is 9.14. The Morgan fingerprint density at radius 2 is 2.06 bits per heavy atom. The van der Waals surface area contributed by atoms with Crippen LogP contribution in [0.5, 0.6) is 0 Å². The number of aromatic nitrogens is 4. The molecule has 3 aromatic rings. The Kier molecular flexibility index (Phi) is 2.81. The van der Waals surface area contributed by atoms with Gasteiger partial charge in [0.25, 0.3) is 5.65 Å². The van der Waals surface area contributed by atoms with Crippen LogP contribution < -0.4 is 10.7 Å². The minimum absolute atomic E-state index is 0.339. The van der Waals surface area contributed by atoms with Crippen molar-refractivity contribution in [2.75, 3.05) is 5.73 Å². The average Bonchev–Trinajstić information content (AvgIpc) is 2.80. The normalized spacial score (nSPS) is 10.9. The molecule has 0 bridgehead atoms. The van der Waals surface area contributed by atoms with Crippen LogP contribution in [0.25, 0.3) is 11.2 Å². The van der Waals surface area contributed by atoms with Crippen molar-refractivity contribution in [1.29, 1.82) is 0 Å². The van der Waals surface area contributed by atoms with Crippen molar-refractivity contribution in [2.45, 2.75) is 9.92 Å². The van der Waals surface area contributed by atoms with Gasteiger partial charge in [-0.15, -0.1) is 0 Å². The third kappa shape index (κ3) is 2.12. The molecule has 0 saturated carbocycles. The summed E-state index contributed by atoms with van der Waals surface area (Å²) in [5, 5.41) is 1.58. The van der Waals surface area contributed by atoms with Gasteiger partial charge in [0.15, 0.2) is 5.03 Å². The second-order valence-corrected chi connectivity index (χ2v) is 5.13. The maximum atomic E-state index is 5.85. The second kappa shape index (κ2) is 4.47. The molecular formula is C11H9ClN5S+. The Labute approximate surface area is 112 Å². The molecule has 0 atom stereocenters. The number of aromatic amines is 2. The van der Waals surface area contributed by atoms with Crippen LogP contribution in [-0.4, -0.2) is 15.0 Å². The fourth-order valence-corrected chi connectivity index (χ4v) is 2.60. The van der Waals surface area contributed by atoms with Crippen molar-refractivity contribution < 1.29 is 4.98 Å². The maximum absolute atomic E-state index is 5.85. The third-order valence-corrected chi connectivity index (χ3v) is 3.62. The summed E-state index contributed by atoms with van der Waals surface area (Å²) in [5.74, 6) is 0.339. The molecule has 4 N–H and O–H groups in total. The number of hydrogen-bond acceptors (Lipinski definition) is 4. The Morgan fingerprint density at radius 1 is 1.28 bits per heavy atom. The van der Waals surface area contributed by atoms with Gasteiger partial charge in [-0.05, 0) is 29.2 Å². The van der Waals surface area contributed by atoms with Crippen molar-refractivity contribution in [3.63, 3.8) is 0 Å². The zero-order chi connectivity index (χ0) is 12.5. The zero-order valence-corrected chi connectivity index (χ0v) is 10.7. The molecule has 1 aromatic carbocycles. The molecule has 0 fully saturated rings. The molecule has 90 valence electrons. The Balaban J connectivity index is 2.03. The molecule has 0 amide bonds. The van der Waals surface area contributed by atoms with Crippen LogP contribution in [0.4, 0.5) is 5.95 Å². The summed E-state index contributed by atoms with van der Waals surface area (Å²) in [6.07, 6.45) is 1.59. The van der Waals surface area contributed by atoms with Gasteiger partial charge in [0.05, 0.1) is 6.33 Å². The first-order chi connectivity index (χ1) is 8.72. The van der Waals surface area contributed by atoms with Crippen LogP contribution in [0, 0.1) is 0 Å². The topological polar surface area (TPSA) is 81.7 Å². The SMILES string of the molecule is Nc1nc2nc[nH]c2c(Sc2ccc(Cl)cc2)[nH+]1. The van der Waals surface area contributed by atoms with Crippen LogP contribution >= 0.6 is 23.4 Å². The number of rotatable bonds is 2. The lowest BCUT2D eigenvalue weighted by atomic mass is 10.4. The number of fused-ring (bicyclic) bond motifs is 1. The van der Waals surface area contributed by atoms with Crippen LogP contribution in [0.2, 0.25) is 5.02 Å². The first-order valence-corrected chi connectivity index (χ1v) is 6.37. The van der Waals surface area contributed by atoms with E-state index in [0.29, 0.717) is 16.6 Å². The smallest absolute Gasteiger partial charge is 0.339 e. The number of halogens is 1. The van der Waals surface area contributed by atoms with Gasteiger partial charge >= 0.3 is 5.95 Å². The number of nitrogens with two attached hydrogens (primary N) is 1. The number of hydrogen-bond donors (Lipinski definition) is 2. The molecule has 0 aliphatic rings. The van der Waals surface area contributed by atoms with Crippen molar-refractivity contribution in [3.05, 3.63) is 35.6 Å². The van der Waals surface area contributed by atoms with Crippen molar-refractivity contribution in [3.8, 4) is 0 Å². The van der Waals surface area contributed by atoms with E-state index in [1.165, 1.54) is 11.8 Å². The van der Waals surface area contributed by atoms with Crippen LogP contribution in [0.15, 0.2) is 40.5 Å². The minimum Gasteiger partial charge on any atom is -0.339 e. The molecule has 18 heavy (non-hydrogen) atoms. The van der Waals surface area contributed by atoms with Crippen LogP contribution in [-0.2, 0) is 0 Å². The van der Waals surface area contributed by atoms with E-state index in [2.05, 4.69) is 19.9 Å². The Hall–Kier alpha value is -1.79. The van der Waals surface area contributed by atoms with E-state index in [-0.39, 0.29) is 0 Å². The largest absolute Gasteiger partial charge is 0.390 e. The number of nitrogen functional groups attached to an aromatic ring is 1. The predicted octanol–water partition coefficient (Wildman–Crippen LogP) is 2.16. The van der Waals surface area contributed by atoms with Gasteiger partial charge < -0.3 is 4.98 Å². The molecule has 2 aromatic heterocycles. The van der Waals surface area contributed by atoms with E-state index in [1.807, 2.05) is 24.3 Å². The van der Waals surface area contributed by atoms with Gasteiger partial charge in [-0.25, -0.2) is 9.97 Å². The van der Waals surface area contributed by atoms with Gasteiger partial charge in [-0.1, -0.05) is 23.4 Å². The number of nitrogens with one attached hydrogen (secondary N) is 2. The molecule has 0 aliphatic carbocycles. The van der Waals surface area contributed by atoms with Crippen molar-refractivity contribution >= 4 is 40.5 Å². The molecule has 3 rings (SSSR count). The predicted molar refractivity (Wildman–Crippen MR) is 70.4 cm³/mol. The number of nitrogens with zero attached hydrogens (tertiary/aromatic N) is 2. The van der Waals surface area contributed by atoms with Crippen LogP contribution in [0.1, 0.15) is 0 Å². The molecule has 0 aliphatic heterocycles. The molecular weight excluding hydrogens is 270 g/mol. The average molecular weight is 279 g/mol. The molecule has 0 radical (unpaired) electrons. The summed E-state index contributed by atoms with van der Waals surface area (Å²) in [5.41, 5.74) is 7.14. The number of imidazole rings is 1. The van der Waals surface area contributed by atoms with E-state index >= 15 is 0 Å². The first kappa shape index (κ1) is 11.3. The lowest BCUT2D eigenvalue weighted by Gasteiger charge is -2.00. The fraction of sp³-hybridized carbons (Fsp3) is 0. The molecule has 0 unspecified atom stereocenters. The quantitative estimate of drug-likeness (QED) is 0.704. The van der Waals surface area contributed by atoms with Crippen molar-refractivity contribution in [2.24, 2.45) is 0 Å². The lowest BCUT2D eigenvalue weighted by Crippen LogP contribution is -2.15. The number of H-pyrrole nitrogens is 2. The van der Waals surface area contributed by atoms with Gasteiger partial charge in [-0.3, -0.25) is 5.73 Å². The van der Waals surface area contributed by atoms with E-state index in [4.69, 9.17) is 17.3 Å². The summed E-state index contributed by atoms with van der Waals surface area (Å²) in [4.78, 5) is 15.3. The highest BCUT2D eigenvalue weighted by atomic mass is 35.5.